The normalized spacial score (nSPS) is 11.8. The van der Waals surface area contributed by atoms with Crippen molar-refractivity contribution in [2.75, 3.05) is 6.54 Å². The fourth-order valence-corrected chi connectivity index (χ4v) is 2.61. The lowest BCUT2D eigenvalue weighted by Gasteiger charge is -2.07. The van der Waals surface area contributed by atoms with Gasteiger partial charge in [-0.15, -0.1) is 11.3 Å². The first-order chi connectivity index (χ1) is 8.86. The van der Waals surface area contributed by atoms with Crippen molar-refractivity contribution in [3.63, 3.8) is 0 Å². The number of halogens is 4. The maximum atomic E-state index is 12.0. The first kappa shape index (κ1) is 14.1. The van der Waals surface area contributed by atoms with Crippen molar-refractivity contribution in [2.24, 2.45) is 0 Å². The van der Waals surface area contributed by atoms with Crippen LogP contribution in [-0.2, 0) is 11.2 Å². The predicted octanol–water partition coefficient (Wildman–Crippen LogP) is 3.17. The lowest BCUT2D eigenvalue weighted by molar-refractivity contribution is -0.173. The van der Waals surface area contributed by atoms with E-state index in [1.54, 1.807) is 18.2 Å². The molecule has 0 saturated carbocycles. The van der Waals surface area contributed by atoms with Gasteiger partial charge in [-0.25, -0.2) is 4.98 Å². The van der Waals surface area contributed by atoms with Gasteiger partial charge in [0.15, 0.2) is 4.47 Å². The summed E-state index contributed by atoms with van der Waals surface area (Å²) in [5, 5.41) is 1.82. The molecule has 0 fully saturated rings. The summed E-state index contributed by atoms with van der Waals surface area (Å²) in [6, 6.07) is 5.30. The van der Waals surface area contributed by atoms with E-state index in [4.69, 9.17) is 11.6 Å². The highest BCUT2D eigenvalue weighted by atomic mass is 35.5. The minimum absolute atomic E-state index is 0.0730. The summed E-state index contributed by atoms with van der Waals surface area (Å²) < 4.78 is 37.1. The first-order valence-electron chi connectivity index (χ1n) is 5.26. The van der Waals surface area contributed by atoms with Crippen molar-refractivity contribution < 1.29 is 18.0 Å². The van der Waals surface area contributed by atoms with Crippen LogP contribution in [0.4, 0.5) is 13.2 Å². The molecule has 1 aromatic heterocycles. The summed E-state index contributed by atoms with van der Waals surface area (Å²) in [6.07, 6.45) is -4.53. The molecule has 102 valence electrons. The van der Waals surface area contributed by atoms with Crippen LogP contribution in [0.5, 0.6) is 0 Å². The van der Waals surface area contributed by atoms with Crippen molar-refractivity contribution in [1.29, 1.82) is 0 Å². The Morgan fingerprint density at radius 1 is 1.42 bits per heavy atom. The molecule has 0 aliphatic carbocycles. The third-order valence-electron chi connectivity index (χ3n) is 2.38. The zero-order valence-electron chi connectivity index (χ0n) is 9.42. The van der Waals surface area contributed by atoms with Gasteiger partial charge in [0.05, 0.1) is 10.2 Å². The van der Waals surface area contributed by atoms with Crippen molar-refractivity contribution in [3.8, 4) is 0 Å². The number of fused-ring (bicyclic) bond motifs is 1. The molecule has 0 spiro atoms. The molecule has 1 heterocycles. The number of hydrogen-bond donors (Lipinski definition) is 1. The number of alkyl halides is 3. The molecule has 8 heteroatoms. The van der Waals surface area contributed by atoms with Gasteiger partial charge in [0.25, 0.3) is 0 Å². The number of aromatic nitrogens is 1. The number of benzene rings is 1. The van der Waals surface area contributed by atoms with Gasteiger partial charge in [-0.1, -0.05) is 17.7 Å². The molecule has 2 aromatic rings. The summed E-state index contributed by atoms with van der Waals surface area (Å²) >= 11 is 7.05. The van der Waals surface area contributed by atoms with E-state index in [2.05, 4.69) is 4.98 Å². The SMILES string of the molecule is O=C(NCCc1ccc2nc(Cl)sc2c1)C(F)(F)F. The quantitative estimate of drug-likeness (QED) is 0.946. The summed E-state index contributed by atoms with van der Waals surface area (Å²) in [7, 11) is 0. The number of amides is 1. The molecule has 0 radical (unpaired) electrons. The Morgan fingerprint density at radius 2 is 2.16 bits per heavy atom. The van der Waals surface area contributed by atoms with E-state index < -0.39 is 12.1 Å². The number of nitrogens with one attached hydrogen (secondary N) is 1. The molecule has 0 aliphatic heterocycles. The molecule has 1 N–H and O–H groups in total. The fraction of sp³-hybridized carbons (Fsp3) is 0.273. The topological polar surface area (TPSA) is 42.0 Å². The molecule has 0 atom stereocenters. The van der Waals surface area contributed by atoms with Gasteiger partial charge in [-0.05, 0) is 24.1 Å². The van der Waals surface area contributed by atoms with E-state index in [1.165, 1.54) is 11.3 Å². The van der Waals surface area contributed by atoms with Crippen LogP contribution in [0, 0.1) is 0 Å². The molecular formula is C11H8ClF3N2OS. The smallest absolute Gasteiger partial charge is 0.348 e. The minimum atomic E-state index is -4.84. The van der Waals surface area contributed by atoms with Crippen molar-refractivity contribution in [3.05, 3.63) is 28.2 Å². The first-order valence-corrected chi connectivity index (χ1v) is 6.46. The molecule has 0 saturated heterocycles. The monoisotopic (exact) mass is 308 g/mol. The number of nitrogens with zero attached hydrogens (tertiary/aromatic N) is 1. The van der Waals surface area contributed by atoms with Crippen molar-refractivity contribution >= 4 is 39.1 Å². The number of thiazole rings is 1. The summed E-state index contributed by atoms with van der Waals surface area (Å²) in [5.41, 5.74) is 1.56. The Kier molecular flexibility index (Phi) is 3.96. The standard InChI is InChI=1S/C11H8ClF3N2OS/c12-10-17-7-2-1-6(5-8(7)19-10)3-4-16-9(18)11(13,14)15/h1-2,5H,3-4H2,(H,16,18). The summed E-state index contributed by atoms with van der Waals surface area (Å²) in [5.74, 6) is -1.92. The Morgan fingerprint density at radius 3 is 2.84 bits per heavy atom. The van der Waals surface area contributed by atoms with E-state index in [0.29, 0.717) is 10.9 Å². The highest BCUT2D eigenvalue weighted by Crippen LogP contribution is 2.26. The van der Waals surface area contributed by atoms with E-state index in [-0.39, 0.29) is 6.54 Å². The largest absolute Gasteiger partial charge is 0.471 e. The Bertz CT molecular complexity index is 611. The van der Waals surface area contributed by atoms with Crippen LogP contribution < -0.4 is 5.32 Å². The maximum Gasteiger partial charge on any atom is 0.471 e. The highest BCUT2D eigenvalue weighted by molar-refractivity contribution is 7.22. The lowest BCUT2D eigenvalue weighted by Crippen LogP contribution is -2.37. The molecule has 2 rings (SSSR count). The second-order valence-electron chi connectivity index (χ2n) is 3.77. The third kappa shape index (κ3) is 3.57. The molecule has 0 bridgehead atoms. The average molecular weight is 309 g/mol. The van der Waals surface area contributed by atoms with Crippen molar-refractivity contribution in [2.45, 2.75) is 12.6 Å². The van der Waals surface area contributed by atoms with Crippen molar-refractivity contribution in [1.82, 2.24) is 10.3 Å². The molecule has 0 aliphatic rings. The fourth-order valence-electron chi connectivity index (χ4n) is 1.52. The minimum Gasteiger partial charge on any atom is -0.348 e. The van der Waals surface area contributed by atoms with Crippen LogP contribution in [0.1, 0.15) is 5.56 Å². The number of rotatable bonds is 3. The number of carbonyl (C=O) groups excluding carboxylic acids is 1. The second kappa shape index (κ2) is 5.34. The summed E-state index contributed by atoms with van der Waals surface area (Å²) in [6.45, 7) is -0.0730. The Hall–Kier alpha value is -1.34. The Labute approximate surface area is 115 Å². The van der Waals surface area contributed by atoms with E-state index in [0.717, 1.165) is 15.8 Å². The van der Waals surface area contributed by atoms with Gasteiger partial charge in [0, 0.05) is 6.54 Å². The molecule has 1 amide bonds. The van der Waals surface area contributed by atoms with Crippen LogP contribution in [0.25, 0.3) is 10.2 Å². The molecule has 0 unspecified atom stereocenters. The highest BCUT2D eigenvalue weighted by Gasteiger charge is 2.38. The van der Waals surface area contributed by atoms with Crippen LogP contribution in [0.3, 0.4) is 0 Å². The second-order valence-corrected chi connectivity index (χ2v) is 5.39. The maximum absolute atomic E-state index is 12.0. The van der Waals surface area contributed by atoms with Gasteiger partial charge in [-0.2, -0.15) is 13.2 Å². The van der Waals surface area contributed by atoms with Crippen LogP contribution in [-0.4, -0.2) is 23.6 Å². The van der Waals surface area contributed by atoms with Crippen LogP contribution in [0.15, 0.2) is 18.2 Å². The molecule has 3 nitrogen and oxygen atoms in total. The van der Waals surface area contributed by atoms with E-state index in [9.17, 15) is 18.0 Å². The van der Waals surface area contributed by atoms with E-state index in [1.807, 2.05) is 5.32 Å². The molecular weight excluding hydrogens is 301 g/mol. The predicted molar refractivity (Wildman–Crippen MR) is 67.4 cm³/mol. The number of hydrogen-bond acceptors (Lipinski definition) is 3. The zero-order chi connectivity index (χ0) is 14.0. The van der Waals surface area contributed by atoms with Crippen LogP contribution >= 0.6 is 22.9 Å². The summed E-state index contributed by atoms with van der Waals surface area (Å²) in [4.78, 5) is 14.7. The van der Waals surface area contributed by atoms with Crippen LogP contribution in [0.2, 0.25) is 4.47 Å². The lowest BCUT2D eigenvalue weighted by atomic mass is 10.1. The van der Waals surface area contributed by atoms with Gasteiger partial charge in [0.2, 0.25) is 0 Å². The Balaban J connectivity index is 1.96. The third-order valence-corrected chi connectivity index (χ3v) is 3.51. The molecule has 1 aromatic carbocycles. The average Bonchev–Trinajstić information content (AvgIpc) is 2.67. The zero-order valence-corrected chi connectivity index (χ0v) is 11.0. The van der Waals surface area contributed by atoms with Gasteiger partial charge >= 0.3 is 12.1 Å². The molecule has 19 heavy (non-hydrogen) atoms. The van der Waals surface area contributed by atoms with Gasteiger partial charge < -0.3 is 5.32 Å². The van der Waals surface area contributed by atoms with E-state index >= 15 is 0 Å². The van der Waals surface area contributed by atoms with Gasteiger partial charge in [0.1, 0.15) is 0 Å². The number of carbonyl (C=O) groups is 1. The van der Waals surface area contributed by atoms with Gasteiger partial charge in [-0.3, -0.25) is 4.79 Å².